The number of aryl methyl sites for hydroxylation is 1. The number of carbonyl (C=O) groups is 2. The number of aromatic carboxylic acids is 1. The lowest BCUT2D eigenvalue weighted by molar-refractivity contribution is -0.149. The van der Waals surface area contributed by atoms with Crippen LogP contribution in [0.1, 0.15) is 126 Å². The van der Waals surface area contributed by atoms with Crippen LogP contribution in [0.2, 0.25) is 0 Å². The Kier molecular flexibility index (Phi) is 12.0. The van der Waals surface area contributed by atoms with Crippen LogP contribution in [0.4, 0.5) is 10.1 Å². The Hall–Kier alpha value is -2.94. The molecule has 4 rings (SSSR count). The molecular weight excluding hydrogens is 551 g/mol. The quantitative estimate of drug-likeness (QED) is 0.161. The summed E-state index contributed by atoms with van der Waals surface area (Å²) in [6.07, 6.45) is 15.2. The molecule has 0 amide bonds. The van der Waals surface area contributed by atoms with Crippen LogP contribution >= 0.6 is 0 Å². The lowest BCUT2D eigenvalue weighted by Crippen LogP contribution is -2.40. The van der Waals surface area contributed by atoms with Gasteiger partial charge < -0.3 is 24.0 Å². The minimum Gasteiger partial charge on any atom is -0.477 e. The second kappa shape index (κ2) is 15.7. The largest absolute Gasteiger partial charge is 0.477 e. The molecule has 2 aliphatic rings. The van der Waals surface area contributed by atoms with E-state index >= 15 is 4.39 Å². The second-order valence-corrected chi connectivity index (χ2v) is 12.4. The Morgan fingerprint density at radius 3 is 2.35 bits per heavy atom. The number of esters is 1. The third-order valence-electron chi connectivity index (χ3n) is 9.00. The number of carbonyl (C=O) groups excluding carboxylic acids is 1. The van der Waals surface area contributed by atoms with Crippen molar-refractivity contribution in [2.24, 2.45) is 0 Å². The molecule has 8 nitrogen and oxygen atoms in total. The molecule has 1 saturated heterocycles. The summed E-state index contributed by atoms with van der Waals surface area (Å²) in [6.45, 7) is 7.55. The second-order valence-electron chi connectivity index (χ2n) is 12.4. The summed E-state index contributed by atoms with van der Waals surface area (Å²) in [5, 5.41) is 9.66. The molecule has 2 aliphatic heterocycles. The van der Waals surface area contributed by atoms with Gasteiger partial charge in [0.2, 0.25) is 5.43 Å². The highest BCUT2D eigenvalue weighted by Crippen LogP contribution is 2.39. The molecule has 1 N–H and O–H groups in total. The van der Waals surface area contributed by atoms with E-state index in [4.69, 9.17) is 9.47 Å². The maximum absolute atomic E-state index is 15.6. The van der Waals surface area contributed by atoms with Gasteiger partial charge in [0.1, 0.15) is 18.0 Å². The molecule has 0 aliphatic carbocycles. The van der Waals surface area contributed by atoms with Gasteiger partial charge in [0.25, 0.3) is 0 Å². The Balaban J connectivity index is 1.25. The SMILES string of the molecule is CCCCCCCCCCCC(=O)OCC(C)OC1CCN(c2c(F)cc3c(=O)c(C(=O)O)cn4c3c2CCC4C)CC1. The number of anilines is 1. The fourth-order valence-corrected chi connectivity index (χ4v) is 6.57. The molecule has 0 saturated carbocycles. The minimum atomic E-state index is -1.30. The van der Waals surface area contributed by atoms with E-state index in [9.17, 15) is 19.5 Å². The summed E-state index contributed by atoms with van der Waals surface area (Å²) in [4.78, 5) is 38.8. The summed E-state index contributed by atoms with van der Waals surface area (Å²) in [7, 11) is 0. The van der Waals surface area contributed by atoms with Crippen molar-refractivity contribution in [3.05, 3.63) is 39.4 Å². The van der Waals surface area contributed by atoms with E-state index in [1.807, 2.05) is 23.3 Å². The Labute approximate surface area is 254 Å². The maximum atomic E-state index is 15.6. The molecule has 2 unspecified atom stereocenters. The topological polar surface area (TPSA) is 98.1 Å². The van der Waals surface area contributed by atoms with Gasteiger partial charge in [-0.05, 0) is 52.0 Å². The van der Waals surface area contributed by atoms with Gasteiger partial charge in [-0.25, -0.2) is 9.18 Å². The first-order valence-corrected chi connectivity index (χ1v) is 16.4. The van der Waals surface area contributed by atoms with E-state index in [0.717, 1.165) is 24.8 Å². The van der Waals surface area contributed by atoms with Crippen LogP contribution in [0.25, 0.3) is 10.9 Å². The zero-order chi connectivity index (χ0) is 30.9. The van der Waals surface area contributed by atoms with Gasteiger partial charge in [-0.1, -0.05) is 58.3 Å². The molecule has 43 heavy (non-hydrogen) atoms. The molecule has 1 fully saturated rings. The van der Waals surface area contributed by atoms with E-state index in [1.165, 1.54) is 57.2 Å². The summed E-state index contributed by atoms with van der Waals surface area (Å²) < 4.78 is 29.1. The minimum absolute atomic E-state index is 0.00633. The van der Waals surface area contributed by atoms with Gasteiger partial charge in [-0.3, -0.25) is 9.59 Å². The summed E-state index contributed by atoms with van der Waals surface area (Å²) in [5.74, 6) is -1.96. The van der Waals surface area contributed by atoms with Crippen LogP contribution in [0.15, 0.2) is 17.1 Å². The number of hydrogen-bond acceptors (Lipinski definition) is 6. The van der Waals surface area contributed by atoms with Crippen LogP contribution in [0.3, 0.4) is 0 Å². The highest BCUT2D eigenvalue weighted by molar-refractivity contribution is 5.95. The van der Waals surface area contributed by atoms with Gasteiger partial charge in [-0.2, -0.15) is 0 Å². The molecule has 238 valence electrons. The average molecular weight is 601 g/mol. The normalized spacial score (nSPS) is 17.8. The zero-order valence-electron chi connectivity index (χ0n) is 26.2. The molecule has 0 radical (unpaired) electrons. The molecule has 0 spiro atoms. The first kappa shape index (κ1) is 33.0. The number of nitrogens with zero attached hydrogens (tertiary/aromatic N) is 2. The van der Waals surface area contributed by atoms with Crippen molar-refractivity contribution < 1.29 is 28.6 Å². The number of benzene rings is 1. The van der Waals surface area contributed by atoms with E-state index in [2.05, 4.69) is 6.92 Å². The first-order chi connectivity index (χ1) is 20.7. The third kappa shape index (κ3) is 8.37. The maximum Gasteiger partial charge on any atom is 0.341 e. The van der Waals surface area contributed by atoms with E-state index in [1.54, 1.807) is 0 Å². The van der Waals surface area contributed by atoms with Crippen LogP contribution in [0.5, 0.6) is 0 Å². The number of ether oxygens (including phenoxy) is 2. The van der Waals surface area contributed by atoms with Gasteiger partial charge in [-0.15, -0.1) is 0 Å². The van der Waals surface area contributed by atoms with Crippen LogP contribution in [-0.2, 0) is 20.7 Å². The van der Waals surface area contributed by atoms with E-state index < -0.39 is 17.2 Å². The van der Waals surface area contributed by atoms with Gasteiger partial charge in [0.05, 0.1) is 23.4 Å². The third-order valence-corrected chi connectivity index (χ3v) is 9.00. The number of halogens is 1. The molecule has 9 heteroatoms. The molecule has 3 heterocycles. The van der Waals surface area contributed by atoms with Crippen molar-refractivity contribution in [3.63, 3.8) is 0 Å². The average Bonchev–Trinajstić information content (AvgIpc) is 2.98. The van der Waals surface area contributed by atoms with Crippen molar-refractivity contribution in [2.75, 3.05) is 24.6 Å². The van der Waals surface area contributed by atoms with Crippen molar-refractivity contribution >= 4 is 28.5 Å². The monoisotopic (exact) mass is 600 g/mol. The fourth-order valence-electron chi connectivity index (χ4n) is 6.57. The van der Waals surface area contributed by atoms with Gasteiger partial charge in [0.15, 0.2) is 0 Å². The number of pyridine rings is 1. The molecular formula is C34H49FN2O6. The standard InChI is InChI=1S/C34H49FN2O6/c1-4-5-6-7-8-9-10-11-12-13-30(38)42-22-24(3)43-25-16-18-36(19-17-25)32-26-15-14-23(2)37-21-28(34(40)41)33(39)27(31(26)37)20-29(32)35/h20-21,23-25H,4-19,22H2,1-3H3,(H,40,41). The predicted molar refractivity (Wildman–Crippen MR) is 167 cm³/mol. The van der Waals surface area contributed by atoms with E-state index in [0.29, 0.717) is 50.0 Å². The molecule has 0 bridgehead atoms. The number of rotatable bonds is 16. The van der Waals surface area contributed by atoms with Gasteiger partial charge in [0, 0.05) is 42.7 Å². The van der Waals surface area contributed by atoms with Crippen LogP contribution in [-0.4, -0.2) is 53.5 Å². The summed E-state index contributed by atoms with van der Waals surface area (Å²) in [5.41, 5.74) is 0.942. The highest BCUT2D eigenvalue weighted by Gasteiger charge is 2.31. The molecule has 2 atom stereocenters. The highest BCUT2D eigenvalue weighted by atomic mass is 19.1. The van der Waals surface area contributed by atoms with Crippen molar-refractivity contribution in [1.82, 2.24) is 4.57 Å². The number of carboxylic acid groups (broad SMARTS) is 1. The van der Waals surface area contributed by atoms with Crippen LogP contribution < -0.4 is 10.3 Å². The smallest absolute Gasteiger partial charge is 0.341 e. The number of aromatic nitrogens is 1. The predicted octanol–water partition coefficient (Wildman–Crippen LogP) is 7.18. The van der Waals surface area contributed by atoms with E-state index in [-0.39, 0.29) is 41.8 Å². The van der Waals surface area contributed by atoms with Crippen LogP contribution in [0, 0.1) is 5.82 Å². The Morgan fingerprint density at radius 1 is 1.05 bits per heavy atom. The summed E-state index contributed by atoms with van der Waals surface area (Å²) >= 11 is 0. The summed E-state index contributed by atoms with van der Waals surface area (Å²) in [6, 6.07) is 1.22. The fraction of sp³-hybridized carbons (Fsp3) is 0.676. The number of piperidine rings is 1. The lowest BCUT2D eigenvalue weighted by Gasteiger charge is -2.37. The van der Waals surface area contributed by atoms with Crippen molar-refractivity contribution in [1.29, 1.82) is 0 Å². The molecule has 1 aromatic carbocycles. The zero-order valence-corrected chi connectivity index (χ0v) is 26.2. The lowest BCUT2D eigenvalue weighted by atomic mass is 9.93. The number of hydrogen-bond donors (Lipinski definition) is 1. The number of unbranched alkanes of at least 4 members (excludes halogenated alkanes) is 8. The first-order valence-electron chi connectivity index (χ1n) is 16.4. The van der Waals surface area contributed by atoms with Crippen molar-refractivity contribution in [3.8, 4) is 0 Å². The molecule has 1 aromatic heterocycles. The number of carboxylic acids is 1. The Bertz CT molecular complexity index is 1320. The van der Waals surface area contributed by atoms with Gasteiger partial charge >= 0.3 is 11.9 Å². The van der Waals surface area contributed by atoms with Crippen molar-refractivity contribution in [2.45, 2.75) is 129 Å². The molecule has 2 aromatic rings. The Morgan fingerprint density at radius 2 is 1.70 bits per heavy atom.